The fourth-order valence-corrected chi connectivity index (χ4v) is 4.36. The lowest BCUT2D eigenvalue weighted by Gasteiger charge is -2.20. The Balaban J connectivity index is 1.18. The van der Waals surface area contributed by atoms with E-state index in [1.807, 2.05) is 38.1 Å². The zero-order valence-corrected chi connectivity index (χ0v) is 19.4. The van der Waals surface area contributed by atoms with Gasteiger partial charge in [0.15, 0.2) is 0 Å². The quantitative estimate of drug-likeness (QED) is 0.621. The molecular formula is C26H30N2O6. The smallest absolute Gasteiger partial charge is 0.251 e. The van der Waals surface area contributed by atoms with Crippen molar-refractivity contribution >= 4 is 11.8 Å². The van der Waals surface area contributed by atoms with Gasteiger partial charge in [0.25, 0.3) is 5.91 Å². The van der Waals surface area contributed by atoms with Crippen LogP contribution in [0, 0.1) is 5.41 Å². The Morgan fingerprint density at radius 2 is 1.59 bits per heavy atom. The fourth-order valence-electron chi connectivity index (χ4n) is 4.36. The Morgan fingerprint density at radius 1 is 0.941 bits per heavy atom. The van der Waals surface area contributed by atoms with Gasteiger partial charge in [-0.25, -0.2) is 0 Å². The van der Waals surface area contributed by atoms with Crippen LogP contribution in [-0.4, -0.2) is 55.9 Å². The zero-order valence-electron chi connectivity index (χ0n) is 19.4. The van der Waals surface area contributed by atoms with Crippen molar-refractivity contribution in [1.29, 1.82) is 0 Å². The standard InChI is InChI=1S/C26H30N2O6/c1-3-31-17-7-9-18(10-8-17)34-19-6-4-5-16(13-19)24(29)27-20-14-32-23-21(15-33-22(20)23)28-25(30)26(2)11-12-26/h4-10,13,20-23H,3,11-12,14-15H2,1-2H3,(H,27,29)(H,28,30). The molecule has 2 aromatic rings. The number of carbonyl (C=O) groups is 2. The van der Waals surface area contributed by atoms with Crippen molar-refractivity contribution in [3.8, 4) is 17.2 Å². The second-order valence-electron chi connectivity index (χ2n) is 9.35. The van der Waals surface area contributed by atoms with Crippen LogP contribution in [0.4, 0.5) is 0 Å². The average Bonchev–Trinajstić information content (AvgIpc) is 3.29. The Labute approximate surface area is 198 Å². The van der Waals surface area contributed by atoms with E-state index in [9.17, 15) is 9.59 Å². The highest BCUT2D eigenvalue weighted by Gasteiger charge is 2.51. The van der Waals surface area contributed by atoms with Gasteiger partial charge in [0.1, 0.15) is 29.5 Å². The molecule has 3 fully saturated rings. The number of rotatable bonds is 8. The summed E-state index contributed by atoms with van der Waals surface area (Å²) in [5.41, 5.74) is 0.235. The van der Waals surface area contributed by atoms with Crippen LogP contribution in [0.15, 0.2) is 48.5 Å². The fraction of sp³-hybridized carbons (Fsp3) is 0.462. The summed E-state index contributed by atoms with van der Waals surface area (Å²) in [7, 11) is 0. The van der Waals surface area contributed by atoms with Crippen molar-refractivity contribution < 1.29 is 28.5 Å². The van der Waals surface area contributed by atoms with Gasteiger partial charge in [0.2, 0.25) is 5.91 Å². The van der Waals surface area contributed by atoms with E-state index in [0.717, 1.165) is 18.6 Å². The number of hydrogen-bond acceptors (Lipinski definition) is 6. The van der Waals surface area contributed by atoms with E-state index < -0.39 is 0 Å². The lowest BCUT2D eigenvalue weighted by atomic mass is 10.0. The molecule has 4 unspecified atom stereocenters. The Kier molecular flexibility index (Phi) is 6.18. The Hall–Kier alpha value is -3.10. The average molecular weight is 467 g/mol. The minimum atomic E-state index is -0.287. The first-order chi connectivity index (χ1) is 16.4. The molecule has 0 radical (unpaired) electrons. The normalized spacial score (nSPS) is 26.4. The molecule has 2 aromatic carbocycles. The molecule has 1 saturated carbocycles. The number of ether oxygens (including phenoxy) is 4. The molecule has 1 aliphatic carbocycles. The Bertz CT molecular complexity index is 1050. The molecule has 0 bridgehead atoms. The van der Waals surface area contributed by atoms with Gasteiger partial charge in [-0.05, 0) is 62.2 Å². The molecule has 34 heavy (non-hydrogen) atoms. The second kappa shape index (κ2) is 9.27. The third-order valence-electron chi connectivity index (χ3n) is 6.70. The first-order valence-corrected chi connectivity index (χ1v) is 11.8. The van der Waals surface area contributed by atoms with Crippen LogP contribution in [0.3, 0.4) is 0 Å². The van der Waals surface area contributed by atoms with Gasteiger partial charge in [0, 0.05) is 11.0 Å². The summed E-state index contributed by atoms with van der Waals surface area (Å²) >= 11 is 0. The van der Waals surface area contributed by atoms with E-state index in [0.29, 0.717) is 36.9 Å². The van der Waals surface area contributed by atoms with E-state index in [1.54, 1.807) is 24.3 Å². The first kappa shape index (κ1) is 22.7. The van der Waals surface area contributed by atoms with Crippen molar-refractivity contribution in [2.75, 3.05) is 19.8 Å². The molecule has 2 amide bonds. The zero-order chi connectivity index (χ0) is 23.7. The summed E-state index contributed by atoms with van der Waals surface area (Å²) in [5.74, 6) is 1.82. The molecule has 2 heterocycles. The molecule has 2 aliphatic heterocycles. The number of amides is 2. The third kappa shape index (κ3) is 4.74. The van der Waals surface area contributed by atoms with Crippen LogP contribution in [0.5, 0.6) is 17.2 Å². The molecule has 2 N–H and O–H groups in total. The first-order valence-electron chi connectivity index (χ1n) is 11.8. The number of benzene rings is 2. The highest BCUT2D eigenvalue weighted by atomic mass is 16.6. The molecule has 8 heteroatoms. The summed E-state index contributed by atoms with van der Waals surface area (Å²) < 4.78 is 23.2. The number of carbonyl (C=O) groups excluding carboxylic acids is 2. The lowest BCUT2D eigenvalue weighted by Crippen LogP contribution is -2.48. The van der Waals surface area contributed by atoms with Gasteiger partial charge in [-0.3, -0.25) is 9.59 Å². The Morgan fingerprint density at radius 3 is 2.24 bits per heavy atom. The molecule has 5 rings (SSSR count). The SMILES string of the molecule is CCOc1ccc(Oc2cccc(C(=O)NC3COC4C(NC(=O)C5(C)CC5)COC34)c2)cc1. The molecular weight excluding hydrogens is 436 g/mol. The lowest BCUT2D eigenvalue weighted by molar-refractivity contribution is -0.127. The van der Waals surface area contributed by atoms with Crippen LogP contribution < -0.4 is 20.1 Å². The van der Waals surface area contributed by atoms with Gasteiger partial charge < -0.3 is 29.6 Å². The highest BCUT2D eigenvalue weighted by Crippen LogP contribution is 2.45. The van der Waals surface area contributed by atoms with Crippen LogP contribution in [-0.2, 0) is 14.3 Å². The summed E-state index contributed by atoms with van der Waals surface area (Å²) in [5, 5.41) is 6.10. The maximum absolute atomic E-state index is 12.9. The van der Waals surface area contributed by atoms with Gasteiger partial charge >= 0.3 is 0 Å². The second-order valence-corrected chi connectivity index (χ2v) is 9.35. The van der Waals surface area contributed by atoms with Gasteiger partial charge in [0.05, 0.1) is 31.9 Å². The van der Waals surface area contributed by atoms with Crippen molar-refractivity contribution in [3.63, 3.8) is 0 Å². The van der Waals surface area contributed by atoms with Gasteiger partial charge in [-0.15, -0.1) is 0 Å². The summed E-state index contributed by atoms with van der Waals surface area (Å²) in [4.78, 5) is 25.4. The van der Waals surface area contributed by atoms with Crippen LogP contribution in [0.1, 0.15) is 37.0 Å². The van der Waals surface area contributed by atoms with E-state index >= 15 is 0 Å². The van der Waals surface area contributed by atoms with E-state index in [2.05, 4.69) is 10.6 Å². The monoisotopic (exact) mass is 466 g/mol. The van der Waals surface area contributed by atoms with Crippen molar-refractivity contribution in [3.05, 3.63) is 54.1 Å². The summed E-state index contributed by atoms with van der Waals surface area (Å²) in [6.07, 6.45) is 1.29. The maximum atomic E-state index is 12.9. The molecule has 8 nitrogen and oxygen atoms in total. The van der Waals surface area contributed by atoms with Gasteiger partial charge in [-0.1, -0.05) is 13.0 Å². The van der Waals surface area contributed by atoms with Crippen LogP contribution >= 0.6 is 0 Å². The topological polar surface area (TPSA) is 95.1 Å². The van der Waals surface area contributed by atoms with Gasteiger partial charge in [-0.2, -0.15) is 0 Å². The summed E-state index contributed by atoms with van der Waals surface area (Å²) in [6, 6.07) is 13.9. The van der Waals surface area contributed by atoms with Crippen molar-refractivity contribution in [2.45, 2.75) is 51.0 Å². The van der Waals surface area contributed by atoms with E-state index in [-0.39, 0.29) is 41.5 Å². The molecule has 4 atom stereocenters. The molecule has 0 spiro atoms. The summed E-state index contributed by atoms with van der Waals surface area (Å²) in [6.45, 7) is 5.23. The molecule has 2 saturated heterocycles. The minimum Gasteiger partial charge on any atom is -0.494 e. The number of fused-ring (bicyclic) bond motifs is 1. The number of hydrogen-bond donors (Lipinski definition) is 2. The van der Waals surface area contributed by atoms with Crippen molar-refractivity contribution in [2.24, 2.45) is 5.41 Å². The maximum Gasteiger partial charge on any atom is 0.251 e. The predicted octanol–water partition coefficient (Wildman–Crippen LogP) is 3.06. The molecule has 180 valence electrons. The predicted molar refractivity (Wildman–Crippen MR) is 124 cm³/mol. The minimum absolute atomic E-state index is 0.0576. The number of nitrogens with one attached hydrogen (secondary N) is 2. The van der Waals surface area contributed by atoms with Crippen LogP contribution in [0.25, 0.3) is 0 Å². The molecule has 3 aliphatic rings. The third-order valence-corrected chi connectivity index (χ3v) is 6.70. The van der Waals surface area contributed by atoms with E-state index in [4.69, 9.17) is 18.9 Å². The van der Waals surface area contributed by atoms with E-state index in [1.165, 1.54) is 0 Å². The largest absolute Gasteiger partial charge is 0.494 e. The molecule has 0 aromatic heterocycles. The highest BCUT2D eigenvalue weighted by molar-refractivity contribution is 5.94. The van der Waals surface area contributed by atoms with Crippen molar-refractivity contribution in [1.82, 2.24) is 10.6 Å². The van der Waals surface area contributed by atoms with Crippen LogP contribution in [0.2, 0.25) is 0 Å².